The molecule has 0 bridgehead atoms. The van der Waals surface area contributed by atoms with Crippen molar-refractivity contribution in [3.05, 3.63) is 83.6 Å². The Morgan fingerprint density at radius 2 is 1.83 bits per heavy atom. The molecule has 2 amide bonds. The number of amides is 2. The second-order valence-electron chi connectivity index (χ2n) is 7.45. The van der Waals surface area contributed by atoms with Gasteiger partial charge in [0.2, 0.25) is 0 Å². The fourth-order valence-electron chi connectivity index (χ4n) is 3.49. The SMILES string of the molecule is Cc1cccc(COC(=O)c2c3ccc(NC(=O)N(C)C)cc3n3ccccc23)c1. The van der Waals surface area contributed by atoms with Crippen LogP contribution in [0.3, 0.4) is 0 Å². The number of carbonyl (C=O) groups is 2. The summed E-state index contributed by atoms with van der Waals surface area (Å²) in [5.41, 5.74) is 4.83. The number of ether oxygens (including phenoxy) is 1. The predicted molar refractivity (Wildman–Crippen MR) is 118 cm³/mol. The quantitative estimate of drug-likeness (QED) is 0.497. The highest BCUT2D eigenvalue weighted by Crippen LogP contribution is 2.30. The average Bonchev–Trinajstić information content (AvgIpc) is 3.06. The van der Waals surface area contributed by atoms with Gasteiger partial charge in [-0.05, 0) is 42.8 Å². The van der Waals surface area contributed by atoms with Crippen molar-refractivity contribution in [1.82, 2.24) is 9.30 Å². The Morgan fingerprint density at radius 3 is 2.60 bits per heavy atom. The molecule has 2 aromatic carbocycles. The van der Waals surface area contributed by atoms with Crippen LogP contribution in [-0.2, 0) is 11.3 Å². The molecule has 0 fully saturated rings. The van der Waals surface area contributed by atoms with Crippen molar-refractivity contribution in [2.24, 2.45) is 0 Å². The van der Waals surface area contributed by atoms with E-state index in [1.165, 1.54) is 4.90 Å². The molecule has 2 heterocycles. The number of fused-ring (bicyclic) bond motifs is 3. The normalized spacial score (nSPS) is 10.9. The predicted octanol–water partition coefficient (Wildman–Crippen LogP) is 4.85. The Morgan fingerprint density at radius 1 is 1.00 bits per heavy atom. The number of aromatic nitrogens is 1. The number of rotatable bonds is 4. The molecule has 0 atom stereocenters. The molecule has 0 spiro atoms. The van der Waals surface area contributed by atoms with E-state index in [1.807, 2.05) is 72.1 Å². The molecule has 4 rings (SSSR count). The van der Waals surface area contributed by atoms with Crippen molar-refractivity contribution in [2.75, 3.05) is 19.4 Å². The zero-order valence-electron chi connectivity index (χ0n) is 17.2. The molecular weight excluding hydrogens is 378 g/mol. The van der Waals surface area contributed by atoms with Crippen molar-refractivity contribution >= 4 is 34.1 Å². The Labute approximate surface area is 174 Å². The van der Waals surface area contributed by atoms with Crippen LogP contribution in [0.1, 0.15) is 21.5 Å². The van der Waals surface area contributed by atoms with Gasteiger partial charge in [-0.3, -0.25) is 0 Å². The lowest BCUT2D eigenvalue weighted by Crippen LogP contribution is -2.27. The number of pyridine rings is 1. The fourth-order valence-corrected chi connectivity index (χ4v) is 3.49. The first-order valence-electron chi connectivity index (χ1n) is 9.68. The summed E-state index contributed by atoms with van der Waals surface area (Å²) in [6, 6.07) is 18.9. The number of aryl methyl sites for hydroxylation is 1. The van der Waals surface area contributed by atoms with Crippen LogP contribution >= 0.6 is 0 Å². The summed E-state index contributed by atoms with van der Waals surface area (Å²) in [6.45, 7) is 2.22. The topological polar surface area (TPSA) is 63.0 Å². The Bertz CT molecular complexity index is 1260. The maximum atomic E-state index is 13.0. The summed E-state index contributed by atoms with van der Waals surface area (Å²) in [7, 11) is 3.37. The van der Waals surface area contributed by atoms with Crippen LogP contribution in [0.5, 0.6) is 0 Å². The molecule has 0 saturated heterocycles. The highest BCUT2D eigenvalue weighted by atomic mass is 16.5. The molecule has 0 aliphatic rings. The molecule has 0 radical (unpaired) electrons. The second kappa shape index (κ2) is 7.91. The summed E-state index contributed by atoms with van der Waals surface area (Å²) in [5.74, 6) is -0.375. The number of hydrogen-bond donors (Lipinski definition) is 1. The van der Waals surface area contributed by atoms with Crippen LogP contribution in [0, 0.1) is 6.92 Å². The number of hydrogen-bond acceptors (Lipinski definition) is 3. The van der Waals surface area contributed by atoms with Crippen LogP contribution < -0.4 is 5.32 Å². The molecule has 1 N–H and O–H groups in total. The van der Waals surface area contributed by atoms with Crippen LogP contribution in [0.25, 0.3) is 16.4 Å². The third-order valence-electron chi connectivity index (χ3n) is 4.96. The maximum absolute atomic E-state index is 13.0. The molecule has 0 saturated carbocycles. The Balaban J connectivity index is 1.71. The summed E-state index contributed by atoms with van der Waals surface area (Å²) >= 11 is 0. The molecule has 0 unspecified atom stereocenters. The van der Waals surface area contributed by atoms with E-state index < -0.39 is 0 Å². The summed E-state index contributed by atoms with van der Waals surface area (Å²) in [4.78, 5) is 26.5. The van der Waals surface area contributed by atoms with Crippen LogP contribution in [0.15, 0.2) is 66.9 Å². The zero-order valence-corrected chi connectivity index (χ0v) is 17.2. The Kier molecular flexibility index (Phi) is 5.14. The average molecular weight is 401 g/mol. The zero-order chi connectivity index (χ0) is 21.3. The molecule has 4 aromatic rings. The first-order valence-corrected chi connectivity index (χ1v) is 9.68. The van der Waals surface area contributed by atoms with Gasteiger partial charge in [-0.15, -0.1) is 0 Å². The molecule has 152 valence electrons. The number of esters is 1. The van der Waals surface area contributed by atoms with Crippen molar-refractivity contribution < 1.29 is 14.3 Å². The number of benzene rings is 2. The minimum Gasteiger partial charge on any atom is -0.457 e. The highest BCUT2D eigenvalue weighted by molar-refractivity contribution is 6.12. The van der Waals surface area contributed by atoms with E-state index in [0.29, 0.717) is 11.3 Å². The van der Waals surface area contributed by atoms with E-state index in [0.717, 1.165) is 27.5 Å². The molecule has 0 aliphatic carbocycles. The van der Waals surface area contributed by atoms with Crippen LogP contribution in [0.2, 0.25) is 0 Å². The lowest BCUT2D eigenvalue weighted by molar-refractivity contribution is 0.0477. The molecule has 6 heteroatoms. The summed E-state index contributed by atoms with van der Waals surface area (Å²) in [5, 5.41) is 3.62. The summed E-state index contributed by atoms with van der Waals surface area (Å²) < 4.78 is 7.58. The minimum atomic E-state index is -0.375. The van der Waals surface area contributed by atoms with E-state index >= 15 is 0 Å². The number of nitrogens with one attached hydrogen (secondary N) is 1. The number of nitrogens with zero attached hydrogens (tertiary/aromatic N) is 2. The molecular formula is C24H23N3O3. The number of urea groups is 1. The van der Waals surface area contributed by atoms with E-state index in [-0.39, 0.29) is 18.6 Å². The fraction of sp³-hybridized carbons (Fsp3) is 0.167. The monoisotopic (exact) mass is 401 g/mol. The van der Waals surface area contributed by atoms with Gasteiger partial charge in [0.25, 0.3) is 0 Å². The lowest BCUT2D eigenvalue weighted by atomic mass is 10.1. The van der Waals surface area contributed by atoms with Crippen molar-refractivity contribution in [3.63, 3.8) is 0 Å². The molecule has 2 aromatic heterocycles. The van der Waals surface area contributed by atoms with E-state index in [9.17, 15) is 9.59 Å². The van der Waals surface area contributed by atoms with Crippen molar-refractivity contribution in [1.29, 1.82) is 0 Å². The third kappa shape index (κ3) is 3.72. The Hall–Kier alpha value is -3.80. The van der Waals surface area contributed by atoms with Gasteiger partial charge in [0.1, 0.15) is 6.61 Å². The summed E-state index contributed by atoms with van der Waals surface area (Å²) in [6.07, 6.45) is 1.90. The van der Waals surface area contributed by atoms with Gasteiger partial charge in [0.05, 0.1) is 16.6 Å². The minimum absolute atomic E-state index is 0.211. The smallest absolute Gasteiger partial charge is 0.341 e. The largest absolute Gasteiger partial charge is 0.457 e. The van der Waals surface area contributed by atoms with Gasteiger partial charge in [0, 0.05) is 31.4 Å². The van der Waals surface area contributed by atoms with Crippen LogP contribution in [0.4, 0.5) is 10.5 Å². The van der Waals surface area contributed by atoms with Gasteiger partial charge >= 0.3 is 12.0 Å². The van der Waals surface area contributed by atoms with Gasteiger partial charge in [-0.2, -0.15) is 0 Å². The molecule has 0 aliphatic heterocycles. The van der Waals surface area contributed by atoms with Crippen molar-refractivity contribution in [2.45, 2.75) is 13.5 Å². The van der Waals surface area contributed by atoms with Crippen molar-refractivity contribution in [3.8, 4) is 0 Å². The first-order chi connectivity index (χ1) is 14.4. The van der Waals surface area contributed by atoms with Gasteiger partial charge < -0.3 is 19.4 Å². The standard InChI is InChI=1S/C24H23N3O3/c1-16-7-6-8-17(13-16)15-30-23(28)22-19-11-10-18(25-24(29)26(2)3)14-21(19)27-12-5-4-9-20(22)27/h4-14H,15H2,1-3H3,(H,25,29). The van der Waals surface area contributed by atoms with Gasteiger partial charge in [-0.1, -0.05) is 35.9 Å². The van der Waals surface area contributed by atoms with E-state index in [4.69, 9.17) is 4.74 Å². The molecule has 6 nitrogen and oxygen atoms in total. The van der Waals surface area contributed by atoms with E-state index in [2.05, 4.69) is 5.32 Å². The maximum Gasteiger partial charge on any atom is 0.341 e. The van der Waals surface area contributed by atoms with Crippen LogP contribution in [-0.4, -0.2) is 35.4 Å². The van der Waals surface area contributed by atoms with Gasteiger partial charge in [0.15, 0.2) is 0 Å². The number of anilines is 1. The number of carbonyl (C=O) groups excluding carboxylic acids is 2. The van der Waals surface area contributed by atoms with E-state index in [1.54, 1.807) is 20.2 Å². The third-order valence-corrected chi connectivity index (χ3v) is 4.96. The second-order valence-corrected chi connectivity index (χ2v) is 7.45. The van der Waals surface area contributed by atoms with Gasteiger partial charge in [-0.25, -0.2) is 9.59 Å². The lowest BCUT2D eigenvalue weighted by Gasteiger charge is -2.12. The highest BCUT2D eigenvalue weighted by Gasteiger charge is 2.20. The molecule has 30 heavy (non-hydrogen) atoms. The first kappa shape index (κ1) is 19.5.